The molecule has 8 nitrogen and oxygen atoms in total. The Morgan fingerprint density at radius 3 is 2.57 bits per heavy atom. The van der Waals surface area contributed by atoms with Gasteiger partial charge in [0, 0.05) is 5.02 Å². The van der Waals surface area contributed by atoms with E-state index in [1.54, 1.807) is 41.3 Å². The zero-order valence-electron chi connectivity index (χ0n) is 19.4. The average molecular weight is 499 g/mol. The third-order valence-corrected chi connectivity index (χ3v) is 6.79. The Labute approximate surface area is 208 Å². The molecule has 3 aliphatic heterocycles. The van der Waals surface area contributed by atoms with E-state index < -0.39 is 12.2 Å². The number of hydrogen-bond donors (Lipinski definition) is 1. The van der Waals surface area contributed by atoms with Crippen molar-refractivity contribution in [3.8, 4) is 11.5 Å². The predicted molar refractivity (Wildman–Crippen MR) is 128 cm³/mol. The molecule has 5 rings (SSSR count). The van der Waals surface area contributed by atoms with Gasteiger partial charge < -0.3 is 24.4 Å². The third-order valence-electron chi connectivity index (χ3n) is 6.54. The number of amides is 2. The number of halogens is 1. The summed E-state index contributed by atoms with van der Waals surface area (Å²) in [6.07, 6.45) is -0.321. The highest BCUT2D eigenvalue weighted by atomic mass is 35.5. The Hall–Kier alpha value is -3.10. The van der Waals surface area contributed by atoms with Gasteiger partial charge in [-0.1, -0.05) is 23.2 Å². The molecule has 1 N–H and O–H groups in total. The third kappa shape index (κ3) is 5.28. The standard InChI is InChI=1S/C26H27ClN2O6/c1-15-2-8-22-20(10-15)21(30)11-24(35-22)25(31)28-17-5-9-23(33-14-17)26(32)29-12-19(13-29)34-18-6-3-16(27)4-7-18/h2-4,6-8,10,17,19,23-24H,5,9,11-14H2,1H3,(H,28,31)/t17-,23+,24?/m1/s1. The van der Waals surface area contributed by atoms with E-state index in [0.29, 0.717) is 42.3 Å². The number of carbonyl (C=O) groups is 3. The van der Waals surface area contributed by atoms with Crippen LogP contribution in [0.5, 0.6) is 11.5 Å². The van der Waals surface area contributed by atoms with Crippen molar-refractivity contribution in [1.29, 1.82) is 0 Å². The second kappa shape index (κ2) is 9.87. The summed E-state index contributed by atoms with van der Waals surface area (Å²) in [5.41, 5.74) is 1.48. The lowest BCUT2D eigenvalue weighted by Crippen LogP contribution is -2.60. The van der Waals surface area contributed by atoms with Crippen molar-refractivity contribution in [2.75, 3.05) is 19.7 Å². The Bertz CT molecular complexity index is 1120. The second-order valence-electron chi connectivity index (χ2n) is 9.28. The number of likely N-dealkylation sites (tertiary alicyclic amines) is 1. The van der Waals surface area contributed by atoms with Crippen LogP contribution in [-0.2, 0) is 14.3 Å². The van der Waals surface area contributed by atoms with E-state index >= 15 is 0 Å². The Balaban J connectivity index is 1.05. The first-order chi connectivity index (χ1) is 16.9. The van der Waals surface area contributed by atoms with Gasteiger partial charge in [0.05, 0.1) is 37.7 Å². The highest BCUT2D eigenvalue weighted by molar-refractivity contribution is 6.30. The molecule has 0 aromatic heterocycles. The lowest BCUT2D eigenvalue weighted by Gasteiger charge is -2.41. The van der Waals surface area contributed by atoms with Gasteiger partial charge in [-0.3, -0.25) is 14.4 Å². The number of carbonyl (C=O) groups excluding carboxylic acids is 3. The molecule has 0 aliphatic carbocycles. The highest BCUT2D eigenvalue weighted by Gasteiger charge is 2.39. The van der Waals surface area contributed by atoms with Crippen LogP contribution >= 0.6 is 11.6 Å². The zero-order chi connectivity index (χ0) is 24.5. The van der Waals surface area contributed by atoms with Crippen LogP contribution < -0.4 is 14.8 Å². The molecule has 0 bridgehead atoms. The number of nitrogens with zero attached hydrogens (tertiary/aromatic N) is 1. The predicted octanol–water partition coefficient (Wildman–Crippen LogP) is 2.94. The molecule has 1 unspecified atom stereocenters. The van der Waals surface area contributed by atoms with Gasteiger partial charge in [-0.25, -0.2) is 0 Å². The Morgan fingerprint density at radius 2 is 1.86 bits per heavy atom. The summed E-state index contributed by atoms with van der Waals surface area (Å²) in [5, 5.41) is 3.56. The topological polar surface area (TPSA) is 94.2 Å². The first kappa shape index (κ1) is 23.6. The summed E-state index contributed by atoms with van der Waals surface area (Å²) in [6, 6.07) is 12.3. The van der Waals surface area contributed by atoms with Crippen LogP contribution in [0, 0.1) is 6.92 Å². The Kier molecular flexibility index (Phi) is 6.67. The highest BCUT2D eigenvalue weighted by Crippen LogP contribution is 2.29. The van der Waals surface area contributed by atoms with Crippen molar-refractivity contribution < 1.29 is 28.6 Å². The molecular weight excluding hydrogens is 472 g/mol. The number of aryl methyl sites for hydroxylation is 1. The fourth-order valence-corrected chi connectivity index (χ4v) is 4.67. The molecule has 2 fully saturated rings. The summed E-state index contributed by atoms with van der Waals surface area (Å²) < 4.78 is 17.4. The van der Waals surface area contributed by atoms with Gasteiger partial charge in [0.25, 0.3) is 11.8 Å². The monoisotopic (exact) mass is 498 g/mol. The summed E-state index contributed by atoms with van der Waals surface area (Å²) >= 11 is 5.89. The average Bonchev–Trinajstić information content (AvgIpc) is 2.82. The molecular formula is C26H27ClN2O6. The molecule has 3 aliphatic rings. The quantitative estimate of drug-likeness (QED) is 0.681. The summed E-state index contributed by atoms with van der Waals surface area (Å²) in [5.74, 6) is 0.659. The van der Waals surface area contributed by atoms with Crippen LogP contribution in [0.15, 0.2) is 42.5 Å². The van der Waals surface area contributed by atoms with Crippen molar-refractivity contribution in [1.82, 2.24) is 10.2 Å². The molecule has 3 heterocycles. The van der Waals surface area contributed by atoms with Gasteiger partial charge in [0.1, 0.15) is 23.7 Å². The van der Waals surface area contributed by atoms with Gasteiger partial charge >= 0.3 is 0 Å². The maximum atomic E-state index is 12.8. The second-order valence-corrected chi connectivity index (χ2v) is 9.71. The van der Waals surface area contributed by atoms with Crippen LogP contribution in [0.2, 0.25) is 5.02 Å². The number of fused-ring (bicyclic) bond motifs is 1. The summed E-state index contributed by atoms with van der Waals surface area (Å²) in [7, 11) is 0. The van der Waals surface area contributed by atoms with E-state index in [1.165, 1.54) is 0 Å². The van der Waals surface area contributed by atoms with Crippen LogP contribution in [-0.4, -0.2) is 66.5 Å². The lowest BCUT2D eigenvalue weighted by molar-refractivity contribution is -0.156. The number of ketones is 1. The molecule has 9 heteroatoms. The molecule has 2 saturated heterocycles. The first-order valence-electron chi connectivity index (χ1n) is 11.8. The van der Waals surface area contributed by atoms with Gasteiger partial charge in [-0.15, -0.1) is 0 Å². The number of rotatable bonds is 5. The van der Waals surface area contributed by atoms with Gasteiger partial charge in [-0.05, 0) is 56.2 Å². The molecule has 3 atom stereocenters. The number of nitrogens with one attached hydrogen (secondary N) is 1. The van der Waals surface area contributed by atoms with Gasteiger partial charge in [0.15, 0.2) is 11.9 Å². The maximum Gasteiger partial charge on any atom is 0.261 e. The van der Waals surface area contributed by atoms with Gasteiger partial charge in [-0.2, -0.15) is 0 Å². The SMILES string of the molecule is Cc1ccc2c(c1)C(=O)CC(C(=O)N[C@@H]1CC[C@@H](C(=O)N3CC(Oc4ccc(Cl)cc4)C3)OC1)O2. The van der Waals surface area contributed by atoms with E-state index in [4.69, 9.17) is 25.8 Å². The van der Waals surface area contributed by atoms with Gasteiger partial charge in [0.2, 0.25) is 0 Å². The minimum absolute atomic E-state index is 0.00515. The molecule has 0 spiro atoms. The van der Waals surface area contributed by atoms with E-state index in [1.807, 2.05) is 13.0 Å². The van der Waals surface area contributed by atoms with Crippen molar-refractivity contribution in [3.05, 3.63) is 58.6 Å². The van der Waals surface area contributed by atoms with E-state index in [0.717, 1.165) is 11.3 Å². The molecule has 0 saturated carbocycles. The number of Topliss-reactive ketones (excluding diaryl/α,β-unsaturated/α-hetero) is 1. The lowest BCUT2D eigenvalue weighted by atomic mass is 9.98. The minimum Gasteiger partial charge on any atom is -0.487 e. The zero-order valence-corrected chi connectivity index (χ0v) is 20.1. The van der Waals surface area contributed by atoms with Crippen LogP contribution in [0.25, 0.3) is 0 Å². The van der Waals surface area contributed by atoms with Crippen LogP contribution in [0.1, 0.15) is 35.2 Å². The largest absolute Gasteiger partial charge is 0.487 e. The Morgan fingerprint density at radius 1 is 1.09 bits per heavy atom. The molecule has 2 aromatic rings. The van der Waals surface area contributed by atoms with Crippen LogP contribution in [0.4, 0.5) is 0 Å². The first-order valence-corrected chi connectivity index (χ1v) is 12.2. The van der Waals surface area contributed by atoms with Crippen molar-refractivity contribution in [2.45, 2.75) is 50.5 Å². The normalized spacial score (nSPS) is 24.1. The maximum absolute atomic E-state index is 12.8. The molecule has 184 valence electrons. The summed E-state index contributed by atoms with van der Waals surface area (Å²) in [4.78, 5) is 39.7. The van der Waals surface area contributed by atoms with Crippen molar-refractivity contribution >= 4 is 29.2 Å². The fraction of sp³-hybridized carbons (Fsp3) is 0.423. The number of ether oxygens (including phenoxy) is 3. The molecule has 2 aromatic carbocycles. The van der Waals surface area contributed by atoms with E-state index in [-0.39, 0.29) is 42.8 Å². The van der Waals surface area contributed by atoms with E-state index in [9.17, 15) is 14.4 Å². The smallest absolute Gasteiger partial charge is 0.261 e. The van der Waals surface area contributed by atoms with Crippen molar-refractivity contribution in [3.63, 3.8) is 0 Å². The number of hydrogen-bond acceptors (Lipinski definition) is 6. The summed E-state index contributed by atoms with van der Waals surface area (Å²) in [6.45, 7) is 3.16. The van der Waals surface area contributed by atoms with E-state index in [2.05, 4.69) is 5.32 Å². The fourth-order valence-electron chi connectivity index (χ4n) is 4.54. The molecule has 0 radical (unpaired) electrons. The molecule has 2 amide bonds. The molecule has 35 heavy (non-hydrogen) atoms. The number of benzene rings is 2. The van der Waals surface area contributed by atoms with Crippen molar-refractivity contribution in [2.24, 2.45) is 0 Å². The minimum atomic E-state index is -0.865. The van der Waals surface area contributed by atoms with Crippen LogP contribution in [0.3, 0.4) is 0 Å².